The molecule has 0 aliphatic carbocycles. The Kier molecular flexibility index (Phi) is 4.01. The van der Waals surface area contributed by atoms with Gasteiger partial charge in [-0.25, -0.2) is 14.2 Å². The van der Waals surface area contributed by atoms with Gasteiger partial charge in [0.15, 0.2) is 5.69 Å². The summed E-state index contributed by atoms with van der Waals surface area (Å²) in [5.74, 6) is -1.48. The molecule has 1 heterocycles. The van der Waals surface area contributed by atoms with Crippen molar-refractivity contribution in [3.05, 3.63) is 40.8 Å². The Labute approximate surface area is 109 Å². The maximum atomic E-state index is 12.8. The predicted octanol–water partition coefficient (Wildman–Crippen LogP) is 2.95. The SMILES string of the molecule is O=C(O)c1nc(COP)sc1-c1ccc(F)cc1. The zero-order valence-corrected chi connectivity index (χ0v) is 11.1. The molecule has 1 atom stereocenters. The van der Waals surface area contributed by atoms with Crippen molar-refractivity contribution >= 4 is 26.8 Å². The summed E-state index contributed by atoms with van der Waals surface area (Å²) < 4.78 is 17.7. The van der Waals surface area contributed by atoms with Crippen LogP contribution in [0, 0.1) is 5.82 Å². The zero-order chi connectivity index (χ0) is 13.1. The molecule has 0 radical (unpaired) electrons. The number of hydrogen-bond donors (Lipinski definition) is 1. The number of hydrogen-bond acceptors (Lipinski definition) is 4. The van der Waals surface area contributed by atoms with Crippen LogP contribution in [0.25, 0.3) is 10.4 Å². The maximum absolute atomic E-state index is 12.8. The van der Waals surface area contributed by atoms with Crippen LogP contribution in [0.15, 0.2) is 24.3 Å². The number of carboxylic acids is 1. The van der Waals surface area contributed by atoms with Crippen LogP contribution in [0.4, 0.5) is 4.39 Å². The van der Waals surface area contributed by atoms with Crippen LogP contribution in [-0.2, 0) is 11.1 Å². The van der Waals surface area contributed by atoms with Gasteiger partial charge in [0.1, 0.15) is 17.4 Å². The van der Waals surface area contributed by atoms with Crippen molar-refractivity contribution in [2.45, 2.75) is 6.61 Å². The van der Waals surface area contributed by atoms with Crippen LogP contribution < -0.4 is 0 Å². The molecule has 7 heteroatoms. The minimum Gasteiger partial charge on any atom is -0.476 e. The predicted molar refractivity (Wildman–Crippen MR) is 69.0 cm³/mol. The minimum absolute atomic E-state index is 0.0383. The lowest BCUT2D eigenvalue weighted by Crippen LogP contribution is -1.99. The van der Waals surface area contributed by atoms with Crippen molar-refractivity contribution in [3.8, 4) is 10.4 Å². The van der Waals surface area contributed by atoms with Gasteiger partial charge in [-0.1, -0.05) is 12.1 Å². The van der Waals surface area contributed by atoms with E-state index in [1.807, 2.05) is 0 Å². The number of rotatable bonds is 4. The van der Waals surface area contributed by atoms with Crippen molar-refractivity contribution in [1.29, 1.82) is 0 Å². The molecule has 0 saturated heterocycles. The van der Waals surface area contributed by atoms with Gasteiger partial charge in [-0.3, -0.25) is 0 Å². The normalized spacial score (nSPS) is 10.6. The summed E-state index contributed by atoms with van der Waals surface area (Å²) in [6.07, 6.45) is 0. The highest BCUT2D eigenvalue weighted by Crippen LogP contribution is 2.31. The fourth-order valence-electron chi connectivity index (χ4n) is 1.44. The highest BCUT2D eigenvalue weighted by Gasteiger charge is 2.18. The lowest BCUT2D eigenvalue weighted by Gasteiger charge is -1.98. The molecule has 2 aromatic rings. The maximum Gasteiger partial charge on any atom is 0.356 e. The van der Waals surface area contributed by atoms with E-state index < -0.39 is 5.97 Å². The fourth-order valence-corrected chi connectivity index (χ4v) is 2.70. The number of halogens is 1. The average Bonchev–Trinajstić information content (AvgIpc) is 2.75. The summed E-state index contributed by atoms with van der Waals surface area (Å²) in [5, 5.41) is 9.64. The second-order valence-electron chi connectivity index (χ2n) is 3.41. The number of thiazole rings is 1. The van der Waals surface area contributed by atoms with Crippen molar-refractivity contribution in [3.63, 3.8) is 0 Å². The number of aromatic nitrogens is 1. The average molecular weight is 285 g/mol. The molecule has 0 aliphatic heterocycles. The van der Waals surface area contributed by atoms with Crippen LogP contribution in [0.1, 0.15) is 15.5 Å². The lowest BCUT2D eigenvalue weighted by molar-refractivity contribution is 0.0692. The molecule has 1 aromatic heterocycles. The number of carbonyl (C=O) groups is 1. The topological polar surface area (TPSA) is 59.4 Å². The number of aromatic carboxylic acids is 1. The molecule has 94 valence electrons. The van der Waals surface area contributed by atoms with E-state index in [4.69, 9.17) is 9.63 Å². The fraction of sp³-hybridized carbons (Fsp3) is 0.0909. The highest BCUT2D eigenvalue weighted by molar-refractivity contribution is 7.15. The lowest BCUT2D eigenvalue weighted by atomic mass is 10.1. The third-order valence-corrected chi connectivity index (χ3v) is 3.43. The van der Waals surface area contributed by atoms with Gasteiger partial charge >= 0.3 is 5.97 Å². The third kappa shape index (κ3) is 2.72. The highest BCUT2D eigenvalue weighted by atomic mass is 32.1. The summed E-state index contributed by atoms with van der Waals surface area (Å²) in [6, 6.07) is 5.63. The quantitative estimate of drug-likeness (QED) is 0.877. The first-order valence-corrected chi connectivity index (χ1v) is 6.21. The molecule has 1 aromatic carbocycles. The molecule has 0 aliphatic rings. The monoisotopic (exact) mass is 285 g/mol. The van der Waals surface area contributed by atoms with Gasteiger partial charge in [0.2, 0.25) is 0 Å². The van der Waals surface area contributed by atoms with Gasteiger partial charge in [-0.05, 0) is 17.7 Å². The van der Waals surface area contributed by atoms with Crippen LogP contribution in [0.5, 0.6) is 0 Å². The number of benzene rings is 1. The van der Waals surface area contributed by atoms with E-state index >= 15 is 0 Å². The van der Waals surface area contributed by atoms with Gasteiger partial charge in [0, 0.05) is 9.47 Å². The molecule has 2 rings (SSSR count). The Morgan fingerprint density at radius 3 is 2.67 bits per heavy atom. The molecular formula is C11H9FNO3PS. The van der Waals surface area contributed by atoms with E-state index in [0.29, 0.717) is 15.4 Å². The third-order valence-electron chi connectivity index (χ3n) is 2.19. The second-order valence-corrected chi connectivity index (χ2v) is 4.83. The van der Waals surface area contributed by atoms with Crippen LogP contribution in [-0.4, -0.2) is 16.1 Å². The summed E-state index contributed by atoms with van der Waals surface area (Å²) in [7, 11) is 2.08. The Morgan fingerprint density at radius 2 is 2.11 bits per heavy atom. The molecule has 1 N–H and O–H groups in total. The summed E-state index contributed by atoms with van der Waals surface area (Å²) in [6.45, 7) is 0.219. The molecule has 0 spiro atoms. The minimum atomic E-state index is -1.11. The Hall–Kier alpha value is -1.36. The molecular weight excluding hydrogens is 276 g/mol. The molecule has 1 unspecified atom stereocenters. The van der Waals surface area contributed by atoms with Crippen LogP contribution >= 0.6 is 20.8 Å². The van der Waals surface area contributed by atoms with Crippen molar-refractivity contribution < 1.29 is 18.8 Å². The summed E-state index contributed by atoms with van der Waals surface area (Å²) >= 11 is 1.22. The summed E-state index contributed by atoms with van der Waals surface area (Å²) in [5.41, 5.74) is 0.588. The molecule has 0 fully saturated rings. The Bertz CT molecular complexity index is 570. The van der Waals surface area contributed by atoms with Crippen LogP contribution in [0.3, 0.4) is 0 Å². The van der Waals surface area contributed by atoms with E-state index in [1.165, 1.54) is 35.6 Å². The first kappa shape index (κ1) is 13.1. The van der Waals surface area contributed by atoms with E-state index in [2.05, 4.69) is 14.5 Å². The van der Waals surface area contributed by atoms with Crippen molar-refractivity contribution in [2.24, 2.45) is 0 Å². The molecule has 18 heavy (non-hydrogen) atoms. The zero-order valence-electron chi connectivity index (χ0n) is 9.09. The van der Waals surface area contributed by atoms with Crippen molar-refractivity contribution in [1.82, 2.24) is 4.98 Å². The Morgan fingerprint density at radius 1 is 1.44 bits per heavy atom. The van der Waals surface area contributed by atoms with E-state index in [9.17, 15) is 9.18 Å². The first-order valence-electron chi connectivity index (χ1n) is 4.92. The first-order chi connectivity index (χ1) is 8.61. The van der Waals surface area contributed by atoms with Crippen LogP contribution in [0.2, 0.25) is 0 Å². The van der Waals surface area contributed by atoms with E-state index in [0.717, 1.165) is 0 Å². The molecule has 0 saturated carbocycles. The van der Waals surface area contributed by atoms with E-state index in [-0.39, 0.29) is 18.1 Å². The van der Waals surface area contributed by atoms with Gasteiger partial charge in [-0.2, -0.15) is 0 Å². The summed E-state index contributed by atoms with van der Waals surface area (Å²) in [4.78, 5) is 15.6. The van der Waals surface area contributed by atoms with Gasteiger partial charge in [0.25, 0.3) is 0 Å². The standard InChI is InChI=1S/C11H9FNO3PS/c12-7-3-1-6(2-4-7)10-9(11(14)15)13-8(18-10)5-16-17/h1-4H,5,17H2,(H,14,15). The van der Waals surface area contributed by atoms with Gasteiger partial charge in [0.05, 0.1) is 4.88 Å². The molecule has 0 amide bonds. The smallest absolute Gasteiger partial charge is 0.356 e. The Balaban J connectivity index is 2.47. The number of nitrogens with zero attached hydrogens (tertiary/aromatic N) is 1. The van der Waals surface area contributed by atoms with E-state index in [1.54, 1.807) is 0 Å². The largest absolute Gasteiger partial charge is 0.476 e. The molecule has 0 bridgehead atoms. The van der Waals surface area contributed by atoms with Gasteiger partial charge in [-0.15, -0.1) is 11.3 Å². The molecule has 4 nitrogen and oxygen atoms in total. The van der Waals surface area contributed by atoms with Crippen molar-refractivity contribution in [2.75, 3.05) is 0 Å². The van der Waals surface area contributed by atoms with Gasteiger partial charge < -0.3 is 9.63 Å². The number of carboxylic acid groups (broad SMARTS) is 1. The second kappa shape index (κ2) is 5.52.